The summed E-state index contributed by atoms with van der Waals surface area (Å²) in [5.74, 6) is 0.210. The van der Waals surface area contributed by atoms with Crippen LogP contribution in [0.1, 0.15) is 37.7 Å². The van der Waals surface area contributed by atoms with Crippen LogP contribution < -0.4 is 5.56 Å². The van der Waals surface area contributed by atoms with Crippen molar-refractivity contribution < 1.29 is 4.79 Å². The van der Waals surface area contributed by atoms with Crippen LogP contribution in [-0.2, 0) is 11.2 Å². The molecule has 3 rings (SSSR count). The maximum Gasteiger partial charge on any atom is 0.258 e. The van der Waals surface area contributed by atoms with Crippen LogP contribution in [0.15, 0.2) is 29.3 Å². The molecule has 1 N–H and O–H groups in total. The SMILES string of the molecule is CN(CC(=O)Cc1ccc2c(=O)[nH]cnc2c1)C1CCCCC1. The van der Waals surface area contributed by atoms with Crippen molar-refractivity contribution in [3.05, 3.63) is 40.4 Å². The number of aromatic amines is 1. The van der Waals surface area contributed by atoms with Gasteiger partial charge in [-0.3, -0.25) is 14.5 Å². The van der Waals surface area contributed by atoms with Gasteiger partial charge in [0.05, 0.1) is 23.8 Å². The molecule has 1 aliphatic rings. The van der Waals surface area contributed by atoms with Crippen LogP contribution in [-0.4, -0.2) is 40.3 Å². The van der Waals surface area contributed by atoms with Crippen molar-refractivity contribution in [1.82, 2.24) is 14.9 Å². The number of carbonyl (C=O) groups is 1. The molecule has 0 atom stereocenters. The number of hydrogen-bond acceptors (Lipinski definition) is 4. The van der Waals surface area contributed by atoms with Crippen molar-refractivity contribution in [2.75, 3.05) is 13.6 Å². The number of Topliss-reactive ketones (excluding diaryl/α,β-unsaturated/α-hetero) is 1. The fourth-order valence-electron chi connectivity index (χ4n) is 3.44. The highest BCUT2D eigenvalue weighted by Gasteiger charge is 2.19. The number of benzene rings is 1. The van der Waals surface area contributed by atoms with E-state index in [1.165, 1.54) is 38.4 Å². The van der Waals surface area contributed by atoms with Crippen molar-refractivity contribution in [3.8, 4) is 0 Å². The molecule has 0 amide bonds. The molecule has 0 aliphatic heterocycles. The normalized spacial score (nSPS) is 16.1. The van der Waals surface area contributed by atoms with Gasteiger partial charge in [0.25, 0.3) is 5.56 Å². The lowest BCUT2D eigenvalue weighted by atomic mass is 9.94. The molecule has 1 aromatic carbocycles. The third-order valence-corrected chi connectivity index (χ3v) is 4.73. The predicted octanol–water partition coefficient (Wildman–Crippen LogP) is 2.30. The number of aromatic nitrogens is 2. The van der Waals surface area contributed by atoms with E-state index in [1.807, 2.05) is 12.1 Å². The maximum atomic E-state index is 12.3. The highest BCUT2D eigenvalue weighted by atomic mass is 16.1. The Labute approximate surface area is 135 Å². The quantitative estimate of drug-likeness (QED) is 0.920. The zero-order valence-corrected chi connectivity index (χ0v) is 13.5. The largest absolute Gasteiger partial charge is 0.313 e. The number of ketones is 1. The van der Waals surface area contributed by atoms with Crippen LogP contribution in [0, 0.1) is 0 Å². The second kappa shape index (κ2) is 7.04. The minimum atomic E-state index is -0.148. The molecule has 23 heavy (non-hydrogen) atoms. The first kappa shape index (κ1) is 15.9. The number of likely N-dealkylation sites (N-methyl/N-ethyl adjacent to an activating group) is 1. The summed E-state index contributed by atoms with van der Waals surface area (Å²) in [6.07, 6.45) is 8.05. The van der Waals surface area contributed by atoms with Gasteiger partial charge in [-0.05, 0) is 37.6 Å². The van der Waals surface area contributed by atoms with E-state index in [9.17, 15) is 9.59 Å². The summed E-state index contributed by atoms with van der Waals surface area (Å²) < 4.78 is 0. The van der Waals surface area contributed by atoms with Gasteiger partial charge in [-0.2, -0.15) is 0 Å². The number of fused-ring (bicyclic) bond motifs is 1. The van der Waals surface area contributed by atoms with E-state index in [1.54, 1.807) is 6.07 Å². The van der Waals surface area contributed by atoms with Gasteiger partial charge in [-0.15, -0.1) is 0 Å². The molecule has 1 aromatic heterocycles. The number of nitrogens with one attached hydrogen (secondary N) is 1. The third-order valence-electron chi connectivity index (χ3n) is 4.73. The number of nitrogens with zero attached hydrogens (tertiary/aromatic N) is 2. The van der Waals surface area contributed by atoms with E-state index in [0.717, 1.165) is 5.56 Å². The van der Waals surface area contributed by atoms with E-state index < -0.39 is 0 Å². The summed E-state index contributed by atoms with van der Waals surface area (Å²) in [4.78, 5) is 32.9. The second-order valence-electron chi connectivity index (χ2n) is 6.51. The Balaban J connectivity index is 1.64. The Morgan fingerprint density at radius 1 is 1.30 bits per heavy atom. The summed E-state index contributed by atoms with van der Waals surface area (Å²) >= 11 is 0. The van der Waals surface area contributed by atoms with Gasteiger partial charge in [0.15, 0.2) is 5.78 Å². The first-order chi connectivity index (χ1) is 11.1. The zero-order chi connectivity index (χ0) is 16.2. The molecular weight excluding hydrogens is 290 g/mol. The van der Waals surface area contributed by atoms with Crippen LogP contribution >= 0.6 is 0 Å². The lowest BCUT2D eigenvalue weighted by Gasteiger charge is -2.30. The Hall–Kier alpha value is -2.01. The number of H-pyrrole nitrogens is 1. The standard InChI is InChI=1S/C18H23N3O2/c1-21(14-5-3-2-4-6-14)11-15(22)9-13-7-8-16-17(10-13)19-12-20-18(16)23/h7-8,10,12,14H,2-6,9,11H2,1H3,(H,19,20,23). The van der Waals surface area contributed by atoms with E-state index in [2.05, 4.69) is 21.9 Å². The molecule has 5 heteroatoms. The van der Waals surface area contributed by atoms with E-state index >= 15 is 0 Å². The Morgan fingerprint density at radius 3 is 2.87 bits per heavy atom. The fourth-order valence-corrected chi connectivity index (χ4v) is 3.44. The zero-order valence-electron chi connectivity index (χ0n) is 13.5. The van der Waals surface area contributed by atoms with Gasteiger partial charge in [-0.25, -0.2) is 4.98 Å². The molecule has 0 unspecified atom stereocenters. The molecule has 5 nitrogen and oxygen atoms in total. The monoisotopic (exact) mass is 313 g/mol. The van der Waals surface area contributed by atoms with Crippen molar-refractivity contribution in [3.63, 3.8) is 0 Å². The third kappa shape index (κ3) is 3.85. The summed E-state index contributed by atoms with van der Waals surface area (Å²) in [7, 11) is 2.05. The molecule has 122 valence electrons. The van der Waals surface area contributed by atoms with Crippen molar-refractivity contribution >= 4 is 16.7 Å². The topological polar surface area (TPSA) is 66.1 Å². The van der Waals surface area contributed by atoms with Gasteiger partial charge in [0, 0.05) is 12.5 Å². The predicted molar refractivity (Wildman–Crippen MR) is 90.6 cm³/mol. The molecule has 1 aliphatic carbocycles. The summed E-state index contributed by atoms with van der Waals surface area (Å²) in [6, 6.07) is 5.97. The highest BCUT2D eigenvalue weighted by Crippen LogP contribution is 2.21. The molecular formula is C18H23N3O2. The maximum absolute atomic E-state index is 12.3. The molecule has 1 fully saturated rings. The molecule has 0 saturated heterocycles. The smallest absolute Gasteiger partial charge is 0.258 e. The van der Waals surface area contributed by atoms with Crippen LogP contribution in [0.25, 0.3) is 10.9 Å². The fraction of sp³-hybridized carbons (Fsp3) is 0.500. The van der Waals surface area contributed by atoms with Gasteiger partial charge in [-0.1, -0.05) is 25.3 Å². The summed E-state index contributed by atoms with van der Waals surface area (Å²) in [5, 5.41) is 0.558. The molecule has 1 heterocycles. The molecule has 1 saturated carbocycles. The molecule has 0 bridgehead atoms. The van der Waals surface area contributed by atoms with Crippen LogP contribution in [0.3, 0.4) is 0 Å². The molecule has 0 spiro atoms. The van der Waals surface area contributed by atoms with Crippen LogP contribution in [0.5, 0.6) is 0 Å². The Bertz CT molecular complexity index is 747. The average molecular weight is 313 g/mol. The number of rotatable bonds is 5. The number of hydrogen-bond donors (Lipinski definition) is 1. The van der Waals surface area contributed by atoms with Gasteiger partial charge < -0.3 is 4.98 Å². The lowest BCUT2D eigenvalue weighted by molar-refractivity contribution is -0.119. The van der Waals surface area contributed by atoms with Gasteiger partial charge in [0.2, 0.25) is 0 Å². The van der Waals surface area contributed by atoms with Gasteiger partial charge >= 0.3 is 0 Å². The summed E-state index contributed by atoms with van der Waals surface area (Å²) in [6.45, 7) is 0.492. The molecule has 2 aromatic rings. The van der Waals surface area contributed by atoms with E-state index in [-0.39, 0.29) is 11.3 Å². The van der Waals surface area contributed by atoms with Crippen molar-refractivity contribution in [2.45, 2.75) is 44.6 Å². The van der Waals surface area contributed by atoms with Crippen LogP contribution in [0.2, 0.25) is 0 Å². The lowest BCUT2D eigenvalue weighted by Crippen LogP contribution is -2.37. The highest BCUT2D eigenvalue weighted by molar-refractivity contribution is 5.85. The Morgan fingerprint density at radius 2 is 2.09 bits per heavy atom. The van der Waals surface area contributed by atoms with E-state index in [0.29, 0.717) is 29.9 Å². The van der Waals surface area contributed by atoms with Crippen molar-refractivity contribution in [1.29, 1.82) is 0 Å². The first-order valence-electron chi connectivity index (χ1n) is 8.32. The molecule has 0 radical (unpaired) electrons. The second-order valence-corrected chi connectivity index (χ2v) is 6.51. The van der Waals surface area contributed by atoms with Crippen LogP contribution in [0.4, 0.5) is 0 Å². The van der Waals surface area contributed by atoms with Crippen molar-refractivity contribution in [2.24, 2.45) is 0 Å². The summed E-state index contributed by atoms with van der Waals surface area (Å²) in [5.41, 5.74) is 1.40. The Kier molecular flexibility index (Phi) is 4.86. The van der Waals surface area contributed by atoms with E-state index in [4.69, 9.17) is 0 Å². The first-order valence-corrected chi connectivity index (χ1v) is 8.32. The minimum absolute atomic E-state index is 0.148. The average Bonchev–Trinajstić information content (AvgIpc) is 2.55. The number of carbonyl (C=O) groups excluding carboxylic acids is 1. The minimum Gasteiger partial charge on any atom is -0.313 e. The van der Waals surface area contributed by atoms with Gasteiger partial charge in [0.1, 0.15) is 0 Å².